The van der Waals surface area contributed by atoms with Crippen LogP contribution in [0.2, 0.25) is 0 Å². The number of nitrogens with zero attached hydrogens (tertiary/aromatic N) is 1. The summed E-state index contributed by atoms with van der Waals surface area (Å²) in [6, 6.07) is 0.473. The highest BCUT2D eigenvalue weighted by Crippen LogP contribution is 2.15. The molecule has 0 aromatic heterocycles. The fraction of sp³-hybridized carbons (Fsp3) is 0.900. The van der Waals surface area contributed by atoms with Gasteiger partial charge in [0.25, 0.3) is 0 Å². The first-order valence-electron chi connectivity index (χ1n) is 4.98. The van der Waals surface area contributed by atoms with E-state index in [1.165, 1.54) is 0 Å². The molecule has 78 valence electrons. The van der Waals surface area contributed by atoms with Crippen LogP contribution in [0.25, 0.3) is 0 Å². The van der Waals surface area contributed by atoms with Crippen molar-refractivity contribution in [1.29, 1.82) is 0 Å². The third-order valence-corrected chi connectivity index (χ3v) is 2.62. The van der Waals surface area contributed by atoms with Gasteiger partial charge in [0.05, 0.1) is 20.1 Å². The predicted octanol–water partition coefficient (Wildman–Crippen LogP) is 1.73. The molecule has 0 saturated carbocycles. The Balaban J connectivity index is 4.27. The Bertz CT molecular complexity index is 166. The van der Waals surface area contributed by atoms with E-state index < -0.39 is 5.97 Å². The molecule has 3 heteroatoms. The zero-order valence-corrected chi connectivity index (χ0v) is 9.21. The summed E-state index contributed by atoms with van der Waals surface area (Å²) in [5, 5.41) is 8.75. The van der Waals surface area contributed by atoms with Crippen molar-refractivity contribution < 1.29 is 14.4 Å². The maximum absolute atomic E-state index is 10.6. The molecule has 0 aromatic rings. The van der Waals surface area contributed by atoms with Crippen molar-refractivity contribution in [2.75, 3.05) is 20.6 Å². The van der Waals surface area contributed by atoms with Crippen LogP contribution in [0.15, 0.2) is 0 Å². The van der Waals surface area contributed by atoms with Crippen LogP contribution < -0.4 is 0 Å². The standard InChI is InChI=1S/C10H21NO2/c1-5-7-9(6-2)11(3,4)8-10(12)13/h9H,5-8H2,1-4H3/p+1. The first-order valence-corrected chi connectivity index (χ1v) is 4.98. The van der Waals surface area contributed by atoms with Crippen LogP contribution in [0.5, 0.6) is 0 Å². The lowest BCUT2D eigenvalue weighted by molar-refractivity contribution is -0.908. The summed E-state index contributed by atoms with van der Waals surface area (Å²) >= 11 is 0. The molecule has 0 saturated heterocycles. The van der Waals surface area contributed by atoms with Gasteiger partial charge >= 0.3 is 5.97 Å². The third kappa shape index (κ3) is 4.27. The van der Waals surface area contributed by atoms with Gasteiger partial charge in [-0.05, 0) is 12.8 Å². The monoisotopic (exact) mass is 188 g/mol. The topological polar surface area (TPSA) is 37.3 Å². The molecule has 0 fully saturated rings. The number of hydrogen-bond donors (Lipinski definition) is 1. The average Bonchev–Trinajstić information content (AvgIpc) is 1.97. The normalized spacial score (nSPS) is 14.2. The molecule has 0 spiro atoms. The van der Waals surface area contributed by atoms with E-state index >= 15 is 0 Å². The molecule has 13 heavy (non-hydrogen) atoms. The molecule has 0 aliphatic heterocycles. The molecule has 0 aromatic carbocycles. The smallest absolute Gasteiger partial charge is 0.359 e. The lowest BCUT2D eigenvalue weighted by atomic mass is 10.1. The second-order valence-electron chi connectivity index (χ2n) is 4.18. The van der Waals surface area contributed by atoms with Crippen LogP contribution in [0.1, 0.15) is 33.1 Å². The van der Waals surface area contributed by atoms with E-state index in [9.17, 15) is 4.79 Å². The Morgan fingerprint density at radius 3 is 2.23 bits per heavy atom. The highest BCUT2D eigenvalue weighted by molar-refractivity contribution is 5.67. The summed E-state index contributed by atoms with van der Waals surface area (Å²) in [5.41, 5.74) is 0. The Morgan fingerprint density at radius 2 is 1.92 bits per heavy atom. The predicted molar refractivity (Wildman–Crippen MR) is 53.6 cm³/mol. The minimum Gasteiger partial charge on any atom is -0.477 e. The summed E-state index contributed by atoms with van der Waals surface area (Å²) in [6.07, 6.45) is 3.28. The molecule has 1 N–H and O–H groups in total. The fourth-order valence-electron chi connectivity index (χ4n) is 1.86. The second kappa shape index (κ2) is 5.22. The third-order valence-electron chi connectivity index (χ3n) is 2.62. The summed E-state index contributed by atoms with van der Waals surface area (Å²) < 4.78 is 0.597. The maximum Gasteiger partial charge on any atom is 0.359 e. The molecule has 0 rings (SSSR count). The van der Waals surface area contributed by atoms with Gasteiger partial charge in [0, 0.05) is 0 Å². The van der Waals surface area contributed by atoms with Crippen LogP contribution in [-0.4, -0.2) is 42.2 Å². The van der Waals surface area contributed by atoms with E-state index in [0.717, 1.165) is 19.3 Å². The summed E-state index contributed by atoms with van der Waals surface area (Å²) in [5.74, 6) is -0.709. The molecule has 0 bridgehead atoms. The minimum absolute atomic E-state index is 0.221. The van der Waals surface area contributed by atoms with Gasteiger partial charge in [-0.25, -0.2) is 4.79 Å². The lowest BCUT2D eigenvalue weighted by Gasteiger charge is -2.36. The van der Waals surface area contributed by atoms with Gasteiger partial charge in [-0.3, -0.25) is 0 Å². The average molecular weight is 188 g/mol. The zero-order chi connectivity index (χ0) is 10.5. The molecule has 1 unspecified atom stereocenters. The highest BCUT2D eigenvalue weighted by Gasteiger charge is 2.28. The number of carbonyl (C=O) groups is 1. The van der Waals surface area contributed by atoms with E-state index in [4.69, 9.17) is 5.11 Å². The second-order valence-corrected chi connectivity index (χ2v) is 4.18. The van der Waals surface area contributed by atoms with Gasteiger partial charge in [0.1, 0.15) is 0 Å². The molecule has 0 aliphatic rings. The number of hydrogen-bond acceptors (Lipinski definition) is 1. The van der Waals surface area contributed by atoms with Gasteiger partial charge in [0.15, 0.2) is 6.54 Å². The number of rotatable bonds is 6. The number of carboxylic acid groups (broad SMARTS) is 1. The molecular weight excluding hydrogens is 166 g/mol. The number of carboxylic acids is 1. The van der Waals surface area contributed by atoms with Crippen molar-refractivity contribution in [1.82, 2.24) is 0 Å². The number of aliphatic carboxylic acids is 1. The highest BCUT2D eigenvalue weighted by atomic mass is 16.4. The molecular formula is C10H22NO2+. The van der Waals surface area contributed by atoms with Gasteiger partial charge in [0.2, 0.25) is 0 Å². The van der Waals surface area contributed by atoms with Crippen LogP contribution in [-0.2, 0) is 4.79 Å². The van der Waals surface area contributed by atoms with Crippen molar-refractivity contribution >= 4 is 5.97 Å². The largest absolute Gasteiger partial charge is 0.477 e. The summed E-state index contributed by atoms with van der Waals surface area (Å²) in [4.78, 5) is 10.6. The van der Waals surface area contributed by atoms with Crippen LogP contribution in [0.3, 0.4) is 0 Å². The quantitative estimate of drug-likeness (QED) is 0.644. The first-order chi connectivity index (χ1) is 5.94. The molecule has 1 atom stereocenters. The van der Waals surface area contributed by atoms with E-state index in [2.05, 4.69) is 13.8 Å². The summed E-state index contributed by atoms with van der Waals surface area (Å²) in [7, 11) is 4.00. The molecule has 0 heterocycles. The molecule has 0 radical (unpaired) electrons. The Labute approximate surface area is 80.9 Å². The van der Waals surface area contributed by atoms with Crippen LogP contribution >= 0.6 is 0 Å². The Morgan fingerprint density at radius 1 is 1.38 bits per heavy atom. The van der Waals surface area contributed by atoms with E-state index in [1.54, 1.807) is 0 Å². The lowest BCUT2D eigenvalue weighted by Crippen LogP contribution is -2.51. The minimum atomic E-state index is -0.709. The van der Waals surface area contributed by atoms with Gasteiger partial charge in [-0.1, -0.05) is 20.3 Å². The number of quaternary nitrogens is 1. The molecule has 0 amide bonds. The van der Waals surface area contributed by atoms with Crippen LogP contribution in [0.4, 0.5) is 0 Å². The van der Waals surface area contributed by atoms with E-state index in [1.807, 2.05) is 14.1 Å². The SMILES string of the molecule is CCCC(CC)[N+](C)(C)CC(=O)O. The maximum atomic E-state index is 10.6. The Kier molecular flexibility index (Phi) is 4.99. The van der Waals surface area contributed by atoms with E-state index in [-0.39, 0.29) is 6.54 Å². The van der Waals surface area contributed by atoms with Crippen molar-refractivity contribution in [2.45, 2.75) is 39.2 Å². The van der Waals surface area contributed by atoms with Crippen molar-refractivity contribution in [3.63, 3.8) is 0 Å². The first kappa shape index (κ1) is 12.4. The van der Waals surface area contributed by atoms with Crippen molar-refractivity contribution in [3.8, 4) is 0 Å². The number of likely N-dealkylation sites (N-methyl/N-ethyl adjacent to an activating group) is 1. The fourth-order valence-corrected chi connectivity index (χ4v) is 1.86. The van der Waals surface area contributed by atoms with Gasteiger partial charge < -0.3 is 9.59 Å². The van der Waals surface area contributed by atoms with Crippen molar-refractivity contribution in [2.24, 2.45) is 0 Å². The summed E-state index contributed by atoms with van der Waals surface area (Å²) in [6.45, 7) is 4.49. The van der Waals surface area contributed by atoms with Gasteiger partial charge in [-0.15, -0.1) is 0 Å². The van der Waals surface area contributed by atoms with Crippen molar-refractivity contribution in [3.05, 3.63) is 0 Å². The molecule has 0 aliphatic carbocycles. The zero-order valence-electron chi connectivity index (χ0n) is 9.21. The van der Waals surface area contributed by atoms with Gasteiger partial charge in [-0.2, -0.15) is 0 Å². The molecule has 3 nitrogen and oxygen atoms in total. The Hall–Kier alpha value is -0.570. The van der Waals surface area contributed by atoms with E-state index in [0.29, 0.717) is 10.5 Å². The van der Waals surface area contributed by atoms with Crippen LogP contribution in [0, 0.1) is 0 Å².